The van der Waals surface area contributed by atoms with Crippen molar-refractivity contribution in [1.82, 2.24) is 15.3 Å². The Hall–Kier alpha value is -3.01. The lowest BCUT2D eigenvalue weighted by atomic mass is 10.0. The van der Waals surface area contributed by atoms with E-state index in [1.54, 1.807) is 18.6 Å². The first kappa shape index (κ1) is 16.8. The SMILES string of the molecule is C[C@H](NC(=O)CCc1ccncc1)c1ccc(-c2cccnc2)cc1. The van der Waals surface area contributed by atoms with Gasteiger partial charge in [0.1, 0.15) is 0 Å². The normalized spacial score (nSPS) is 11.7. The third kappa shape index (κ3) is 4.73. The van der Waals surface area contributed by atoms with Crippen molar-refractivity contribution in [1.29, 1.82) is 0 Å². The van der Waals surface area contributed by atoms with Crippen molar-refractivity contribution >= 4 is 5.91 Å². The fraction of sp³-hybridized carbons (Fsp3) is 0.190. The van der Waals surface area contributed by atoms with Crippen LogP contribution in [0.3, 0.4) is 0 Å². The van der Waals surface area contributed by atoms with Crippen molar-refractivity contribution in [2.75, 3.05) is 0 Å². The van der Waals surface area contributed by atoms with Gasteiger partial charge in [-0.1, -0.05) is 30.3 Å². The van der Waals surface area contributed by atoms with Crippen LogP contribution in [0.15, 0.2) is 73.3 Å². The molecule has 0 radical (unpaired) electrons. The second-order valence-electron chi connectivity index (χ2n) is 6.01. The monoisotopic (exact) mass is 331 g/mol. The summed E-state index contributed by atoms with van der Waals surface area (Å²) < 4.78 is 0. The maximum Gasteiger partial charge on any atom is 0.220 e. The summed E-state index contributed by atoms with van der Waals surface area (Å²) in [5, 5.41) is 3.06. The first-order valence-corrected chi connectivity index (χ1v) is 8.41. The molecule has 0 aliphatic heterocycles. The Morgan fingerprint density at radius 1 is 0.960 bits per heavy atom. The third-order valence-electron chi connectivity index (χ3n) is 4.17. The van der Waals surface area contributed by atoms with E-state index in [1.807, 2.05) is 37.4 Å². The number of aromatic nitrogens is 2. The molecular formula is C21H21N3O. The molecule has 4 heteroatoms. The van der Waals surface area contributed by atoms with Gasteiger partial charge in [0.2, 0.25) is 5.91 Å². The number of amides is 1. The number of rotatable bonds is 6. The fourth-order valence-electron chi connectivity index (χ4n) is 2.70. The Morgan fingerprint density at radius 3 is 2.40 bits per heavy atom. The lowest BCUT2D eigenvalue weighted by Crippen LogP contribution is -2.26. The van der Waals surface area contributed by atoms with Crippen molar-refractivity contribution in [3.8, 4) is 11.1 Å². The number of pyridine rings is 2. The molecule has 0 spiro atoms. The van der Waals surface area contributed by atoms with Gasteiger partial charge in [0.25, 0.3) is 0 Å². The zero-order chi connectivity index (χ0) is 17.5. The topological polar surface area (TPSA) is 54.9 Å². The van der Waals surface area contributed by atoms with Crippen LogP contribution < -0.4 is 5.32 Å². The van der Waals surface area contributed by atoms with E-state index < -0.39 is 0 Å². The molecule has 126 valence electrons. The quantitative estimate of drug-likeness (QED) is 0.744. The molecular weight excluding hydrogens is 310 g/mol. The van der Waals surface area contributed by atoms with Gasteiger partial charge < -0.3 is 5.32 Å². The molecule has 0 fully saturated rings. The van der Waals surface area contributed by atoms with Gasteiger partial charge in [0.05, 0.1) is 6.04 Å². The van der Waals surface area contributed by atoms with E-state index in [2.05, 4.69) is 39.6 Å². The maximum absolute atomic E-state index is 12.2. The van der Waals surface area contributed by atoms with Crippen LogP contribution >= 0.6 is 0 Å². The van der Waals surface area contributed by atoms with Crippen LogP contribution in [-0.4, -0.2) is 15.9 Å². The minimum Gasteiger partial charge on any atom is -0.350 e. The molecule has 1 atom stereocenters. The minimum absolute atomic E-state index is 0.0205. The molecule has 2 heterocycles. The fourth-order valence-corrected chi connectivity index (χ4v) is 2.70. The van der Waals surface area contributed by atoms with Gasteiger partial charge in [-0.05, 0) is 53.8 Å². The number of carbonyl (C=O) groups excluding carboxylic acids is 1. The van der Waals surface area contributed by atoms with Crippen LogP contribution in [0.25, 0.3) is 11.1 Å². The highest BCUT2D eigenvalue weighted by atomic mass is 16.1. The molecule has 1 amide bonds. The van der Waals surface area contributed by atoms with Gasteiger partial charge in [-0.15, -0.1) is 0 Å². The highest BCUT2D eigenvalue weighted by Crippen LogP contribution is 2.21. The summed E-state index contributed by atoms with van der Waals surface area (Å²) in [5.74, 6) is 0.0562. The highest BCUT2D eigenvalue weighted by molar-refractivity contribution is 5.76. The molecule has 0 unspecified atom stereocenters. The van der Waals surface area contributed by atoms with Gasteiger partial charge in [-0.3, -0.25) is 14.8 Å². The zero-order valence-corrected chi connectivity index (χ0v) is 14.2. The number of hydrogen-bond donors (Lipinski definition) is 1. The molecule has 0 saturated carbocycles. The number of hydrogen-bond acceptors (Lipinski definition) is 3. The van der Waals surface area contributed by atoms with Gasteiger partial charge in [0, 0.05) is 31.2 Å². The number of nitrogens with zero attached hydrogens (tertiary/aromatic N) is 2. The van der Waals surface area contributed by atoms with E-state index in [-0.39, 0.29) is 11.9 Å². The second-order valence-corrected chi connectivity index (χ2v) is 6.01. The second kappa shape index (κ2) is 8.20. The van der Waals surface area contributed by atoms with E-state index >= 15 is 0 Å². The summed E-state index contributed by atoms with van der Waals surface area (Å²) >= 11 is 0. The number of nitrogens with one attached hydrogen (secondary N) is 1. The van der Waals surface area contributed by atoms with Crippen LogP contribution in [0, 0.1) is 0 Å². The summed E-state index contributed by atoms with van der Waals surface area (Å²) in [7, 11) is 0. The standard InChI is InChI=1S/C21H21N3O/c1-16(24-21(25)9-4-17-10-13-22-14-11-17)18-5-7-19(8-6-18)20-3-2-12-23-15-20/h2-3,5-8,10-16H,4,9H2,1H3,(H,24,25)/t16-/m0/s1. The Bertz CT molecular complexity index is 802. The molecule has 1 N–H and O–H groups in total. The largest absolute Gasteiger partial charge is 0.350 e. The molecule has 3 rings (SSSR count). The van der Waals surface area contributed by atoms with Gasteiger partial charge in [0.15, 0.2) is 0 Å². The Morgan fingerprint density at radius 2 is 1.72 bits per heavy atom. The van der Waals surface area contributed by atoms with Crippen LogP contribution in [0.2, 0.25) is 0 Å². The van der Waals surface area contributed by atoms with Crippen molar-refractivity contribution in [3.63, 3.8) is 0 Å². The van der Waals surface area contributed by atoms with Crippen molar-refractivity contribution in [3.05, 3.63) is 84.4 Å². The summed E-state index contributed by atoms with van der Waals surface area (Å²) in [5.41, 5.74) is 4.42. The highest BCUT2D eigenvalue weighted by Gasteiger charge is 2.10. The third-order valence-corrected chi connectivity index (χ3v) is 4.17. The molecule has 0 aliphatic carbocycles. The number of aryl methyl sites for hydroxylation is 1. The Balaban J connectivity index is 1.55. The van der Waals surface area contributed by atoms with Crippen molar-refractivity contribution in [2.45, 2.75) is 25.8 Å². The predicted molar refractivity (Wildman–Crippen MR) is 98.8 cm³/mol. The summed E-state index contributed by atoms with van der Waals surface area (Å²) in [4.78, 5) is 20.3. The summed E-state index contributed by atoms with van der Waals surface area (Å²) in [6, 6.07) is 16.0. The van der Waals surface area contributed by atoms with Crippen molar-refractivity contribution in [2.24, 2.45) is 0 Å². The first-order valence-electron chi connectivity index (χ1n) is 8.41. The number of carbonyl (C=O) groups is 1. The predicted octanol–water partition coefficient (Wildman–Crippen LogP) is 3.95. The smallest absolute Gasteiger partial charge is 0.220 e. The van der Waals surface area contributed by atoms with Crippen LogP contribution in [-0.2, 0) is 11.2 Å². The lowest BCUT2D eigenvalue weighted by molar-refractivity contribution is -0.121. The average Bonchev–Trinajstić information content (AvgIpc) is 2.68. The van der Waals surface area contributed by atoms with E-state index in [4.69, 9.17) is 0 Å². The van der Waals surface area contributed by atoms with Gasteiger partial charge in [-0.25, -0.2) is 0 Å². The molecule has 25 heavy (non-hydrogen) atoms. The molecule has 4 nitrogen and oxygen atoms in total. The van der Waals surface area contributed by atoms with Crippen LogP contribution in [0.4, 0.5) is 0 Å². The number of benzene rings is 1. The van der Waals surface area contributed by atoms with E-state index in [1.165, 1.54) is 0 Å². The molecule has 2 aromatic heterocycles. The van der Waals surface area contributed by atoms with Crippen LogP contribution in [0.1, 0.15) is 30.5 Å². The molecule has 0 aliphatic rings. The minimum atomic E-state index is -0.0205. The van der Waals surface area contributed by atoms with E-state index in [9.17, 15) is 4.79 Å². The molecule has 1 aromatic carbocycles. The summed E-state index contributed by atoms with van der Waals surface area (Å²) in [6.07, 6.45) is 8.31. The van der Waals surface area contributed by atoms with Gasteiger partial charge in [-0.2, -0.15) is 0 Å². The van der Waals surface area contributed by atoms with Crippen molar-refractivity contribution < 1.29 is 4.79 Å². The average molecular weight is 331 g/mol. The Kier molecular flexibility index (Phi) is 5.52. The molecule has 0 saturated heterocycles. The van der Waals surface area contributed by atoms with Crippen LogP contribution in [0.5, 0.6) is 0 Å². The van der Waals surface area contributed by atoms with Gasteiger partial charge >= 0.3 is 0 Å². The first-order chi connectivity index (χ1) is 12.2. The summed E-state index contributed by atoms with van der Waals surface area (Å²) in [6.45, 7) is 2.00. The lowest BCUT2D eigenvalue weighted by Gasteiger charge is -2.15. The van der Waals surface area contributed by atoms with E-state index in [0.29, 0.717) is 6.42 Å². The van der Waals surface area contributed by atoms with E-state index in [0.717, 1.165) is 28.7 Å². The molecule has 0 bridgehead atoms. The molecule has 3 aromatic rings. The Labute approximate surface area is 148 Å². The maximum atomic E-state index is 12.2. The zero-order valence-electron chi connectivity index (χ0n) is 14.2.